The number of rotatable bonds is 8. The Balaban J connectivity index is 1.98. The van der Waals surface area contributed by atoms with E-state index in [0.29, 0.717) is 10.6 Å². The van der Waals surface area contributed by atoms with Crippen LogP contribution in [-0.2, 0) is 26.0 Å². The Morgan fingerprint density at radius 3 is 2.30 bits per heavy atom. The molecule has 0 atom stereocenters. The molecule has 0 aliphatic carbocycles. The first-order valence-electron chi connectivity index (χ1n) is 12.3. The van der Waals surface area contributed by atoms with Crippen molar-refractivity contribution < 1.29 is 40.6 Å². The summed E-state index contributed by atoms with van der Waals surface area (Å²) in [6.07, 6.45) is -9.37. The van der Waals surface area contributed by atoms with E-state index in [1.54, 1.807) is 24.3 Å². The fraction of sp³-hybridized carbons (Fsp3) is 0.172. The second-order valence-corrected chi connectivity index (χ2v) is 9.86. The number of hydrogen-bond donors (Lipinski definition) is 1. The van der Waals surface area contributed by atoms with Crippen LogP contribution in [0.2, 0.25) is 10.0 Å². The summed E-state index contributed by atoms with van der Waals surface area (Å²) in [6.45, 7) is 3.35. The van der Waals surface area contributed by atoms with Crippen LogP contribution in [0.25, 0.3) is 22.4 Å². The summed E-state index contributed by atoms with van der Waals surface area (Å²) >= 11 is 11.8. The molecule has 1 heterocycles. The molecule has 1 N–H and O–H groups in total. The quantitative estimate of drug-likeness (QED) is 0.154. The van der Waals surface area contributed by atoms with E-state index in [1.807, 2.05) is 0 Å². The fourth-order valence-electron chi connectivity index (χ4n) is 4.05. The Bertz CT molecular complexity index is 1650. The predicted octanol–water partition coefficient (Wildman–Crippen LogP) is 8.95. The molecule has 4 rings (SSSR count). The first kappa shape index (κ1) is 31.8. The highest BCUT2D eigenvalue weighted by atomic mass is 35.5. The fourth-order valence-corrected chi connectivity index (χ4v) is 4.40. The van der Waals surface area contributed by atoms with Crippen molar-refractivity contribution in [3.8, 4) is 33.9 Å². The average molecular weight is 644 g/mol. The largest absolute Gasteiger partial charge is 0.488 e. The van der Waals surface area contributed by atoms with Gasteiger partial charge in [0, 0.05) is 24.2 Å². The number of aryl methyl sites for hydroxylation is 1. The number of carbonyl (C=O) groups excluding carboxylic acids is 1. The third-order valence-corrected chi connectivity index (χ3v) is 6.60. The van der Waals surface area contributed by atoms with E-state index in [4.69, 9.17) is 32.7 Å². The topological polar surface area (TPSA) is 65.4 Å². The van der Waals surface area contributed by atoms with E-state index in [0.717, 1.165) is 22.9 Å². The molecule has 3 aromatic carbocycles. The molecule has 6 nitrogen and oxygen atoms in total. The highest BCUT2D eigenvalue weighted by molar-refractivity contribution is 6.31. The summed E-state index contributed by atoms with van der Waals surface area (Å²) < 4.78 is 94.6. The van der Waals surface area contributed by atoms with Gasteiger partial charge in [0.05, 0.1) is 21.8 Å². The molecule has 0 radical (unpaired) electrons. The minimum absolute atomic E-state index is 0.0423. The van der Waals surface area contributed by atoms with Crippen molar-refractivity contribution in [3.05, 3.63) is 100 Å². The maximum absolute atomic E-state index is 13.9. The average Bonchev–Trinajstić information content (AvgIpc) is 3.33. The molecule has 0 unspecified atom stereocenters. The summed E-state index contributed by atoms with van der Waals surface area (Å²) in [5, 5.41) is 5.75. The molecule has 0 fully saturated rings. The molecule has 0 aliphatic rings. The molecular formula is C29H21Cl2F6N3O3. The summed E-state index contributed by atoms with van der Waals surface area (Å²) in [4.78, 5) is 12.8. The number of benzene rings is 3. The van der Waals surface area contributed by atoms with Crippen LogP contribution in [0.1, 0.15) is 16.8 Å². The SMILES string of the molecule is C=CCNC(=O)Oc1c(-c2cc(C(F)(F)F)nn2C)ccc(OCc2ccc(Cl)cc2)c1-c1ccc(Cl)c(C(F)(F)F)c1. The van der Waals surface area contributed by atoms with Crippen molar-refractivity contribution in [3.63, 3.8) is 0 Å². The van der Waals surface area contributed by atoms with Crippen LogP contribution in [0.3, 0.4) is 0 Å². The lowest BCUT2D eigenvalue weighted by molar-refractivity contribution is -0.141. The predicted molar refractivity (Wildman–Crippen MR) is 149 cm³/mol. The molecular weight excluding hydrogens is 623 g/mol. The molecule has 43 heavy (non-hydrogen) atoms. The van der Waals surface area contributed by atoms with Gasteiger partial charge in [0.1, 0.15) is 12.4 Å². The molecule has 1 amide bonds. The summed E-state index contributed by atoms with van der Waals surface area (Å²) in [5.41, 5.74) is -2.32. The second-order valence-electron chi connectivity index (χ2n) is 9.02. The monoisotopic (exact) mass is 643 g/mol. The second kappa shape index (κ2) is 12.6. The van der Waals surface area contributed by atoms with Crippen molar-refractivity contribution in [2.45, 2.75) is 19.0 Å². The Morgan fingerprint density at radius 1 is 1.00 bits per heavy atom. The number of amides is 1. The van der Waals surface area contributed by atoms with Gasteiger partial charge in [-0.3, -0.25) is 4.68 Å². The van der Waals surface area contributed by atoms with Crippen molar-refractivity contribution in [2.24, 2.45) is 7.05 Å². The van der Waals surface area contributed by atoms with E-state index in [2.05, 4.69) is 17.0 Å². The van der Waals surface area contributed by atoms with Gasteiger partial charge in [-0.15, -0.1) is 6.58 Å². The number of alkyl halides is 6. The number of aromatic nitrogens is 2. The van der Waals surface area contributed by atoms with Crippen molar-refractivity contribution in [1.82, 2.24) is 15.1 Å². The van der Waals surface area contributed by atoms with Gasteiger partial charge in [-0.25, -0.2) is 4.79 Å². The van der Waals surface area contributed by atoms with Gasteiger partial charge in [0.2, 0.25) is 0 Å². The minimum atomic E-state index is -4.86. The highest BCUT2D eigenvalue weighted by Crippen LogP contribution is 2.48. The lowest BCUT2D eigenvalue weighted by atomic mass is 9.96. The first-order chi connectivity index (χ1) is 20.2. The number of carbonyl (C=O) groups is 1. The van der Waals surface area contributed by atoms with E-state index >= 15 is 0 Å². The molecule has 0 saturated heterocycles. The number of halogens is 8. The smallest absolute Gasteiger partial charge is 0.435 e. The lowest BCUT2D eigenvalue weighted by Crippen LogP contribution is -2.27. The van der Waals surface area contributed by atoms with Crippen LogP contribution >= 0.6 is 23.2 Å². The van der Waals surface area contributed by atoms with Crippen LogP contribution in [-0.4, -0.2) is 22.4 Å². The van der Waals surface area contributed by atoms with Gasteiger partial charge < -0.3 is 14.8 Å². The minimum Gasteiger partial charge on any atom is -0.488 e. The van der Waals surface area contributed by atoms with Crippen LogP contribution < -0.4 is 14.8 Å². The molecule has 4 aromatic rings. The van der Waals surface area contributed by atoms with Gasteiger partial charge in [0.25, 0.3) is 0 Å². The molecule has 0 saturated carbocycles. The lowest BCUT2D eigenvalue weighted by Gasteiger charge is -2.20. The Kier molecular flexibility index (Phi) is 9.31. The van der Waals surface area contributed by atoms with Gasteiger partial charge in [-0.2, -0.15) is 31.4 Å². The Hall–Kier alpha value is -4.16. The third-order valence-electron chi connectivity index (χ3n) is 6.02. The van der Waals surface area contributed by atoms with Crippen molar-refractivity contribution in [2.75, 3.05) is 6.54 Å². The number of hydrogen-bond acceptors (Lipinski definition) is 4. The van der Waals surface area contributed by atoms with Gasteiger partial charge in [-0.1, -0.05) is 47.5 Å². The van der Waals surface area contributed by atoms with Crippen molar-refractivity contribution >= 4 is 29.3 Å². The maximum Gasteiger partial charge on any atom is 0.435 e. The van der Waals surface area contributed by atoms with Gasteiger partial charge in [-0.05, 0) is 53.6 Å². The molecule has 0 aliphatic heterocycles. The number of nitrogens with zero attached hydrogens (tertiary/aromatic N) is 2. The van der Waals surface area contributed by atoms with Crippen LogP contribution in [0, 0.1) is 0 Å². The Morgan fingerprint density at radius 2 is 1.70 bits per heavy atom. The van der Waals surface area contributed by atoms with Crippen LogP contribution in [0.15, 0.2) is 73.3 Å². The standard InChI is InChI=1S/C29H21Cl2F6N3O3/c1-3-12-38-27(41)43-26-19(22-14-24(29(35,36)37)39-40(22)2)9-11-23(42-15-16-4-7-18(30)8-5-16)25(26)17-6-10-21(31)20(13-17)28(32,33)34/h3-11,13-14H,1,12,15H2,2H3,(H,38,41). The summed E-state index contributed by atoms with van der Waals surface area (Å²) in [6, 6.07) is 12.9. The molecule has 226 valence electrons. The third kappa shape index (κ3) is 7.44. The molecule has 14 heteroatoms. The maximum atomic E-state index is 13.9. The molecule has 0 bridgehead atoms. The molecule has 1 aromatic heterocycles. The van der Waals surface area contributed by atoms with Crippen LogP contribution in [0.4, 0.5) is 31.1 Å². The van der Waals surface area contributed by atoms with Gasteiger partial charge >= 0.3 is 18.4 Å². The number of nitrogens with one attached hydrogen (secondary N) is 1. The number of ether oxygens (including phenoxy) is 2. The van der Waals surface area contributed by atoms with Gasteiger partial charge in [0.15, 0.2) is 11.4 Å². The van der Waals surface area contributed by atoms with E-state index in [-0.39, 0.29) is 47.0 Å². The zero-order valence-corrected chi connectivity index (χ0v) is 23.6. The normalized spacial score (nSPS) is 11.7. The van der Waals surface area contributed by atoms with E-state index in [9.17, 15) is 31.1 Å². The zero-order chi connectivity index (χ0) is 31.5. The molecule has 0 spiro atoms. The van der Waals surface area contributed by atoms with Crippen LogP contribution in [0.5, 0.6) is 11.5 Å². The van der Waals surface area contributed by atoms with Crippen molar-refractivity contribution in [1.29, 1.82) is 0 Å². The summed E-state index contributed by atoms with van der Waals surface area (Å²) in [7, 11) is 1.24. The summed E-state index contributed by atoms with van der Waals surface area (Å²) in [5.74, 6) is -0.429. The Labute approximate surface area is 251 Å². The first-order valence-corrected chi connectivity index (χ1v) is 13.0. The zero-order valence-electron chi connectivity index (χ0n) is 22.1. The highest BCUT2D eigenvalue weighted by Gasteiger charge is 2.36. The van der Waals surface area contributed by atoms with E-state index < -0.39 is 34.7 Å². The van der Waals surface area contributed by atoms with E-state index in [1.165, 1.54) is 31.3 Å².